The molecule has 1 aliphatic rings. The van der Waals surface area contributed by atoms with Crippen LogP contribution in [0.25, 0.3) is 11.3 Å². The fraction of sp³-hybridized carbons (Fsp3) is 0.261. The van der Waals surface area contributed by atoms with Crippen LogP contribution >= 0.6 is 0 Å². The molecule has 0 aliphatic carbocycles. The minimum atomic E-state index is -4.75. The zero-order valence-corrected chi connectivity index (χ0v) is 19.0. The van der Waals surface area contributed by atoms with Crippen LogP contribution in [0.3, 0.4) is 0 Å². The number of ether oxygens (including phenoxy) is 1. The number of anilines is 2. The largest absolute Gasteiger partial charge is 0.573 e. The lowest BCUT2D eigenvalue weighted by atomic mass is 10.1. The van der Waals surface area contributed by atoms with Gasteiger partial charge in [-0.05, 0) is 80.7 Å². The van der Waals surface area contributed by atoms with Crippen LogP contribution in [-0.4, -0.2) is 45.9 Å². The molecule has 7 nitrogen and oxygen atoms in total. The lowest BCUT2D eigenvalue weighted by Gasteiger charge is -2.30. The summed E-state index contributed by atoms with van der Waals surface area (Å²) >= 11 is 0. The predicted molar refractivity (Wildman–Crippen MR) is 122 cm³/mol. The van der Waals surface area contributed by atoms with Crippen LogP contribution in [0.15, 0.2) is 71.6 Å². The molecule has 0 spiro atoms. The van der Waals surface area contributed by atoms with Crippen molar-refractivity contribution in [3.05, 3.63) is 66.7 Å². The Bertz CT molecular complexity index is 1230. The molecule has 1 aliphatic heterocycles. The number of halogens is 3. The highest BCUT2D eigenvalue weighted by atomic mass is 32.2. The van der Waals surface area contributed by atoms with Gasteiger partial charge in [-0.1, -0.05) is 6.07 Å². The van der Waals surface area contributed by atoms with E-state index in [0.717, 1.165) is 25.2 Å². The van der Waals surface area contributed by atoms with E-state index in [1.54, 1.807) is 30.3 Å². The summed E-state index contributed by atoms with van der Waals surface area (Å²) in [5, 5.41) is 3.33. The third-order valence-electron chi connectivity index (χ3n) is 5.46. The zero-order chi connectivity index (χ0) is 24.3. The average molecular weight is 493 g/mol. The number of pyridine rings is 1. The van der Waals surface area contributed by atoms with E-state index in [9.17, 15) is 21.6 Å². The number of aromatic nitrogens is 1. The molecule has 34 heavy (non-hydrogen) atoms. The molecule has 1 unspecified atom stereocenters. The predicted octanol–water partition coefficient (Wildman–Crippen LogP) is 4.06. The Morgan fingerprint density at radius 3 is 2.35 bits per heavy atom. The van der Waals surface area contributed by atoms with Gasteiger partial charge in [0.1, 0.15) is 11.6 Å². The number of nitrogens with zero attached hydrogens (tertiary/aromatic N) is 2. The van der Waals surface area contributed by atoms with E-state index >= 15 is 0 Å². The van der Waals surface area contributed by atoms with Gasteiger partial charge in [-0.15, -0.1) is 13.2 Å². The van der Waals surface area contributed by atoms with Gasteiger partial charge < -0.3 is 15.0 Å². The maximum absolute atomic E-state index is 12.4. The van der Waals surface area contributed by atoms with Crippen molar-refractivity contribution in [3.63, 3.8) is 0 Å². The molecule has 11 heteroatoms. The van der Waals surface area contributed by atoms with Gasteiger partial charge >= 0.3 is 6.36 Å². The fourth-order valence-corrected chi connectivity index (χ4v) is 4.57. The molecule has 180 valence electrons. The van der Waals surface area contributed by atoms with Crippen molar-refractivity contribution in [1.29, 1.82) is 0 Å². The smallest absolute Gasteiger partial charge is 0.406 e. The minimum absolute atomic E-state index is 0.0945. The highest BCUT2D eigenvalue weighted by molar-refractivity contribution is 7.89. The second kappa shape index (κ2) is 9.61. The molecule has 0 radical (unpaired) electrons. The molecular formula is C23H23F3N4O3S. The van der Waals surface area contributed by atoms with Crippen LogP contribution in [0.4, 0.5) is 24.7 Å². The summed E-state index contributed by atoms with van der Waals surface area (Å²) in [6, 6.07) is 17.6. The van der Waals surface area contributed by atoms with Gasteiger partial charge in [-0.2, -0.15) is 0 Å². The Kier molecular flexibility index (Phi) is 6.78. The van der Waals surface area contributed by atoms with Crippen LogP contribution in [-0.2, 0) is 10.0 Å². The van der Waals surface area contributed by atoms with E-state index in [1.807, 2.05) is 17.0 Å². The van der Waals surface area contributed by atoms with Gasteiger partial charge in [0.2, 0.25) is 10.0 Å². The van der Waals surface area contributed by atoms with Crippen molar-refractivity contribution < 1.29 is 26.3 Å². The van der Waals surface area contributed by atoms with Gasteiger partial charge in [0.25, 0.3) is 0 Å². The molecule has 2 heterocycles. The van der Waals surface area contributed by atoms with Crippen LogP contribution in [0, 0.1) is 0 Å². The first-order chi connectivity index (χ1) is 16.2. The van der Waals surface area contributed by atoms with Crippen molar-refractivity contribution in [1.82, 2.24) is 15.0 Å². The van der Waals surface area contributed by atoms with Crippen LogP contribution < -0.4 is 19.7 Å². The number of alkyl halides is 3. The summed E-state index contributed by atoms with van der Waals surface area (Å²) in [5.74, 6) is 0.341. The van der Waals surface area contributed by atoms with Gasteiger partial charge in [-0.3, -0.25) is 0 Å². The molecule has 2 aromatic carbocycles. The van der Waals surface area contributed by atoms with Crippen LogP contribution in [0.2, 0.25) is 0 Å². The highest BCUT2D eigenvalue weighted by Gasteiger charge is 2.31. The monoisotopic (exact) mass is 492 g/mol. The second-order valence-corrected chi connectivity index (χ2v) is 9.56. The van der Waals surface area contributed by atoms with E-state index in [2.05, 4.69) is 14.8 Å². The molecule has 1 atom stereocenters. The summed E-state index contributed by atoms with van der Waals surface area (Å²) < 4.78 is 67.8. The fourth-order valence-electron chi connectivity index (χ4n) is 3.84. The summed E-state index contributed by atoms with van der Waals surface area (Å²) in [6.07, 6.45) is -3.89. The number of rotatable bonds is 7. The van der Waals surface area contributed by atoms with Gasteiger partial charge in [0.05, 0.1) is 10.6 Å². The summed E-state index contributed by atoms with van der Waals surface area (Å²) in [7, 11) is -2.20. The number of benzene rings is 2. The number of hydrogen-bond acceptors (Lipinski definition) is 6. The number of hydrogen-bond donors (Lipinski definition) is 2. The summed E-state index contributed by atoms with van der Waals surface area (Å²) in [4.78, 5) is 6.96. The van der Waals surface area contributed by atoms with Gasteiger partial charge in [-0.25, -0.2) is 18.1 Å². The Morgan fingerprint density at radius 1 is 1.06 bits per heavy atom. The maximum atomic E-state index is 12.4. The molecule has 0 bridgehead atoms. The normalized spacial score (nSPS) is 16.4. The van der Waals surface area contributed by atoms with E-state index in [-0.39, 0.29) is 16.7 Å². The molecule has 3 aromatic rings. The van der Waals surface area contributed by atoms with Crippen molar-refractivity contribution in [2.75, 3.05) is 25.0 Å². The molecule has 0 amide bonds. The third kappa shape index (κ3) is 5.49. The maximum Gasteiger partial charge on any atom is 0.573 e. The van der Waals surface area contributed by atoms with E-state index in [1.165, 1.54) is 31.3 Å². The second-order valence-electron chi connectivity index (χ2n) is 7.67. The van der Waals surface area contributed by atoms with Crippen molar-refractivity contribution in [2.45, 2.75) is 23.7 Å². The SMILES string of the molecule is CNS(=O)(=O)c1ccc(N(c2cccc(-c3ccc(OC(F)(F)F)cc3)n2)C2CCNC2)cc1. The summed E-state index contributed by atoms with van der Waals surface area (Å²) in [5.41, 5.74) is 2.00. The minimum Gasteiger partial charge on any atom is -0.406 e. The van der Waals surface area contributed by atoms with Crippen LogP contribution in [0.1, 0.15) is 6.42 Å². The molecule has 2 N–H and O–H groups in total. The summed E-state index contributed by atoms with van der Waals surface area (Å²) in [6.45, 7) is 1.57. The Morgan fingerprint density at radius 2 is 1.76 bits per heavy atom. The molecular weight excluding hydrogens is 469 g/mol. The van der Waals surface area contributed by atoms with E-state index in [4.69, 9.17) is 4.98 Å². The lowest BCUT2D eigenvalue weighted by molar-refractivity contribution is -0.274. The van der Waals surface area contributed by atoms with E-state index < -0.39 is 16.4 Å². The average Bonchev–Trinajstić information content (AvgIpc) is 3.34. The Balaban J connectivity index is 1.66. The van der Waals surface area contributed by atoms with Crippen molar-refractivity contribution in [3.8, 4) is 17.0 Å². The molecule has 1 fully saturated rings. The number of nitrogens with one attached hydrogen (secondary N) is 2. The molecule has 0 saturated carbocycles. The first-order valence-corrected chi connectivity index (χ1v) is 12.0. The topological polar surface area (TPSA) is 83.6 Å². The lowest BCUT2D eigenvalue weighted by Crippen LogP contribution is -2.33. The van der Waals surface area contributed by atoms with E-state index in [0.29, 0.717) is 17.1 Å². The first kappa shape index (κ1) is 24.0. The van der Waals surface area contributed by atoms with Gasteiger partial charge in [0.15, 0.2) is 0 Å². The zero-order valence-electron chi connectivity index (χ0n) is 18.2. The first-order valence-electron chi connectivity index (χ1n) is 10.5. The quantitative estimate of drug-likeness (QED) is 0.518. The van der Waals surface area contributed by atoms with Gasteiger partial charge in [0, 0.05) is 23.8 Å². The molecule has 4 rings (SSSR count). The third-order valence-corrected chi connectivity index (χ3v) is 6.89. The standard InChI is InChI=1S/C23H23F3N4O3S/c1-27-34(31,32)20-11-7-17(8-12-20)30(18-13-14-28-15-18)22-4-2-3-21(29-22)16-5-9-19(10-6-16)33-23(24,25)26/h2-12,18,27-28H,13-15H2,1H3. The Hall–Kier alpha value is -3.15. The number of sulfonamides is 1. The molecule has 1 saturated heterocycles. The van der Waals surface area contributed by atoms with Crippen molar-refractivity contribution in [2.24, 2.45) is 0 Å². The Labute approximate surface area is 195 Å². The van der Waals surface area contributed by atoms with Crippen LogP contribution in [0.5, 0.6) is 5.75 Å². The van der Waals surface area contributed by atoms with Crippen molar-refractivity contribution >= 4 is 21.5 Å². The highest BCUT2D eigenvalue weighted by Crippen LogP contribution is 2.32. The molecule has 1 aromatic heterocycles.